The van der Waals surface area contributed by atoms with Gasteiger partial charge in [0.15, 0.2) is 11.5 Å². The second-order valence-electron chi connectivity index (χ2n) is 8.59. The van der Waals surface area contributed by atoms with Crippen LogP contribution in [0.25, 0.3) is 6.08 Å². The monoisotopic (exact) mass is 519 g/mol. The van der Waals surface area contributed by atoms with E-state index in [4.69, 9.17) is 23.7 Å². The molecule has 0 aliphatic heterocycles. The first-order chi connectivity index (χ1) is 18.6. The third kappa shape index (κ3) is 9.48. The molecular formula is C31H37NO6. The molecule has 0 spiro atoms. The summed E-state index contributed by atoms with van der Waals surface area (Å²) in [5.41, 5.74) is 2.93. The van der Waals surface area contributed by atoms with Gasteiger partial charge in [-0.15, -0.1) is 0 Å². The zero-order chi connectivity index (χ0) is 27.0. The molecule has 0 aliphatic rings. The van der Waals surface area contributed by atoms with E-state index in [0.717, 1.165) is 29.5 Å². The van der Waals surface area contributed by atoms with Crippen LogP contribution in [0.1, 0.15) is 29.5 Å². The summed E-state index contributed by atoms with van der Waals surface area (Å²) in [6, 6.07) is 21.3. The van der Waals surface area contributed by atoms with E-state index < -0.39 is 0 Å². The molecule has 0 bridgehead atoms. The SMILES string of the molecule is COCCCCOc1cc(OC)ccc1/C=C/C(=O)NCCc1ccc(OC)c(OCc2ccccc2)c1. The number of carbonyl (C=O) groups is 1. The van der Waals surface area contributed by atoms with Crippen LogP contribution in [0.5, 0.6) is 23.0 Å². The summed E-state index contributed by atoms with van der Waals surface area (Å²) in [6.45, 7) is 2.20. The van der Waals surface area contributed by atoms with E-state index in [2.05, 4.69) is 5.32 Å². The number of ether oxygens (including phenoxy) is 5. The van der Waals surface area contributed by atoms with Crippen molar-refractivity contribution in [3.63, 3.8) is 0 Å². The molecule has 0 saturated heterocycles. The van der Waals surface area contributed by atoms with Gasteiger partial charge in [0.25, 0.3) is 0 Å². The Labute approximate surface area is 225 Å². The second kappa shape index (κ2) is 16.0. The number of hydrogen-bond acceptors (Lipinski definition) is 6. The number of amides is 1. The molecule has 7 nitrogen and oxygen atoms in total. The van der Waals surface area contributed by atoms with Gasteiger partial charge in [-0.3, -0.25) is 4.79 Å². The highest BCUT2D eigenvalue weighted by Crippen LogP contribution is 2.29. The maximum absolute atomic E-state index is 12.5. The number of carbonyl (C=O) groups excluding carboxylic acids is 1. The van der Waals surface area contributed by atoms with Crippen LogP contribution < -0.4 is 24.3 Å². The molecule has 0 aromatic heterocycles. The lowest BCUT2D eigenvalue weighted by atomic mass is 10.1. The summed E-state index contributed by atoms with van der Waals surface area (Å²) in [4.78, 5) is 12.5. The van der Waals surface area contributed by atoms with E-state index in [-0.39, 0.29) is 5.91 Å². The predicted octanol–water partition coefficient (Wildman–Crippen LogP) is 5.46. The van der Waals surface area contributed by atoms with Crippen LogP contribution in [0.3, 0.4) is 0 Å². The Morgan fingerprint density at radius 1 is 0.789 bits per heavy atom. The quantitative estimate of drug-likeness (QED) is 0.200. The van der Waals surface area contributed by atoms with Gasteiger partial charge >= 0.3 is 0 Å². The molecule has 202 valence electrons. The maximum Gasteiger partial charge on any atom is 0.244 e. The first-order valence-corrected chi connectivity index (χ1v) is 12.7. The van der Waals surface area contributed by atoms with E-state index in [0.29, 0.717) is 55.8 Å². The van der Waals surface area contributed by atoms with E-state index in [1.165, 1.54) is 6.08 Å². The average molecular weight is 520 g/mol. The third-order valence-electron chi connectivity index (χ3n) is 5.81. The summed E-state index contributed by atoms with van der Waals surface area (Å²) in [5.74, 6) is 2.54. The average Bonchev–Trinajstić information content (AvgIpc) is 2.95. The molecule has 0 saturated carbocycles. The number of rotatable bonds is 16. The van der Waals surface area contributed by atoms with Crippen molar-refractivity contribution in [2.45, 2.75) is 25.9 Å². The normalized spacial score (nSPS) is 10.8. The highest BCUT2D eigenvalue weighted by molar-refractivity contribution is 5.92. The number of unbranched alkanes of at least 4 members (excludes halogenated alkanes) is 1. The summed E-state index contributed by atoms with van der Waals surface area (Å²) in [7, 11) is 4.92. The smallest absolute Gasteiger partial charge is 0.244 e. The number of methoxy groups -OCH3 is 3. The van der Waals surface area contributed by atoms with Gasteiger partial charge < -0.3 is 29.0 Å². The summed E-state index contributed by atoms with van der Waals surface area (Å²) in [6.07, 6.45) is 5.72. The highest BCUT2D eigenvalue weighted by Gasteiger charge is 2.08. The molecule has 0 heterocycles. The molecule has 0 aliphatic carbocycles. The highest BCUT2D eigenvalue weighted by atomic mass is 16.5. The molecule has 7 heteroatoms. The van der Waals surface area contributed by atoms with Gasteiger partial charge in [0.2, 0.25) is 5.91 Å². The summed E-state index contributed by atoms with van der Waals surface area (Å²) < 4.78 is 27.8. The van der Waals surface area contributed by atoms with E-state index in [1.807, 2.05) is 66.7 Å². The Morgan fingerprint density at radius 2 is 1.61 bits per heavy atom. The summed E-state index contributed by atoms with van der Waals surface area (Å²) >= 11 is 0. The van der Waals surface area contributed by atoms with Crippen LogP contribution in [-0.2, 0) is 22.6 Å². The molecule has 1 amide bonds. The minimum atomic E-state index is -0.180. The predicted molar refractivity (Wildman–Crippen MR) is 149 cm³/mol. The third-order valence-corrected chi connectivity index (χ3v) is 5.81. The molecule has 1 N–H and O–H groups in total. The first kappa shape index (κ1) is 28.6. The molecule has 0 radical (unpaired) electrons. The Morgan fingerprint density at radius 3 is 2.37 bits per heavy atom. The van der Waals surface area contributed by atoms with Crippen LogP contribution in [0.4, 0.5) is 0 Å². The molecule has 0 atom stereocenters. The molecular weight excluding hydrogens is 482 g/mol. The maximum atomic E-state index is 12.5. The van der Waals surface area contributed by atoms with Crippen LogP contribution >= 0.6 is 0 Å². The van der Waals surface area contributed by atoms with Gasteiger partial charge in [-0.25, -0.2) is 0 Å². The Kier molecular flexibility index (Phi) is 12.0. The molecule has 0 fully saturated rings. The fourth-order valence-electron chi connectivity index (χ4n) is 3.71. The first-order valence-electron chi connectivity index (χ1n) is 12.7. The fourth-order valence-corrected chi connectivity index (χ4v) is 3.71. The van der Waals surface area contributed by atoms with Crippen LogP contribution in [-0.4, -0.2) is 47.0 Å². The molecule has 0 unspecified atom stereocenters. The molecule has 3 aromatic rings. The number of nitrogens with one attached hydrogen (secondary N) is 1. The van der Waals surface area contributed by atoms with Crippen molar-refractivity contribution in [2.24, 2.45) is 0 Å². The lowest BCUT2D eigenvalue weighted by molar-refractivity contribution is -0.116. The van der Waals surface area contributed by atoms with E-state index >= 15 is 0 Å². The van der Waals surface area contributed by atoms with Crippen molar-refractivity contribution in [1.29, 1.82) is 0 Å². The van der Waals surface area contributed by atoms with Crippen LogP contribution in [0.15, 0.2) is 72.8 Å². The van der Waals surface area contributed by atoms with Crippen molar-refractivity contribution < 1.29 is 28.5 Å². The Bertz CT molecular complexity index is 1160. The minimum Gasteiger partial charge on any atom is -0.497 e. The molecule has 3 rings (SSSR count). The number of benzene rings is 3. The molecule has 38 heavy (non-hydrogen) atoms. The van der Waals surface area contributed by atoms with Gasteiger partial charge in [0.1, 0.15) is 18.1 Å². The van der Waals surface area contributed by atoms with Gasteiger partial charge in [0, 0.05) is 38.0 Å². The van der Waals surface area contributed by atoms with Crippen molar-refractivity contribution >= 4 is 12.0 Å². The van der Waals surface area contributed by atoms with Crippen LogP contribution in [0.2, 0.25) is 0 Å². The zero-order valence-electron chi connectivity index (χ0n) is 22.4. The van der Waals surface area contributed by atoms with Gasteiger partial charge in [-0.05, 0) is 60.7 Å². The standard InChI is InChI=1S/C31H37NO6/c1-34-19-7-8-20-37-29-22-27(35-2)14-12-26(29)13-16-31(33)32-18-17-24-11-15-28(36-3)30(21-24)38-23-25-9-5-4-6-10-25/h4-6,9-16,21-22H,7-8,17-20,23H2,1-3H3,(H,32,33)/b16-13+. The van der Waals surface area contributed by atoms with Gasteiger partial charge in [0.05, 0.1) is 20.8 Å². The fraction of sp³-hybridized carbons (Fsp3) is 0.323. The van der Waals surface area contributed by atoms with Gasteiger partial charge in [-0.2, -0.15) is 0 Å². The summed E-state index contributed by atoms with van der Waals surface area (Å²) in [5, 5.41) is 2.94. The second-order valence-corrected chi connectivity index (χ2v) is 8.59. The Hall–Kier alpha value is -3.97. The van der Waals surface area contributed by atoms with E-state index in [9.17, 15) is 4.79 Å². The molecule has 3 aromatic carbocycles. The van der Waals surface area contributed by atoms with Crippen molar-refractivity contribution in [3.8, 4) is 23.0 Å². The largest absolute Gasteiger partial charge is 0.497 e. The number of hydrogen-bond donors (Lipinski definition) is 1. The van der Waals surface area contributed by atoms with Crippen molar-refractivity contribution in [2.75, 3.05) is 41.1 Å². The van der Waals surface area contributed by atoms with Crippen LogP contribution in [0, 0.1) is 0 Å². The zero-order valence-corrected chi connectivity index (χ0v) is 22.4. The van der Waals surface area contributed by atoms with Crippen molar-refractivity contribution in [1.82, 2.24) is 5.32 Å². The topological polar surface area (TPSA) is 75.3 Å². The lowest BCUT2D eigenvalue weighted by Crippen LogP contribution is -2.23. The minimum absolute atomic E-state index is 0.180. The van der Waals surface area contributed by atoms with Crippen molar-refractivity contribution in [3.05, 3.63) is 89.5 Å². The Balaban J connectivity index is 1.52. The lowest BCUT2D eigenvalue weighted by Gasteiger charge is -2.13. The van der Waals surface area contributed by atoms with Gasteiger partial charge in [-0.1, -0.05) is 36.4 Å². The van der Waals surface area contributed by atoms with E-state index in [1.54, 1.807) is 27.4 Å².